The number of benzene rings is 1. The Labute approximate surface area is 128 Å². The lowest BCUT2D eigenvalue weighted by molar-refractivity contribution is 0.0529. The quantitative estimate of drug-likeness (QED) is 0.479. The Bertz CT molecular complexity index is 633. The number of rotatable bonds is 5. The normalized spacial score (nSPS) is 10.8. The third kappa shape index (κ3) is 3.70. The summed E-state index contributed by atoms with van der Waals surface area (Å²) in [5.74, 6) is -0.330. The molecule has 5 heteroatoms. The molecule has 1 aromatic heterocycles. The molecule has 0 aliphatic rings. The second-order valence-corrected chi connectivity index (χ2v) is 5.48. The number of carbonyl (C=O) groups excluding carboxylic acids is 1. The van der Waals surface area contributed by atoms with Gasteiger partial charge in [0, 0.05) is 25.0 Å². The maximum atomic E-state index is 12.3. The van der Waals surface area contributed by atoms with Gasteiger partial charge in [-0.25, -0.2) is 9.79 Å². The van der Waals surface area contributed by atoms with Gasteiger partial charge in [-0.15, -0.1) is 11.3 Å². The maximum absolute atomic E-state index is 12.3. The molecular formula is C16H18N2O2S. The summed E-state index contributed by atoms with van der Waals surface area (Å²) in [4.78, 5) is 18.5. The van der Waals surface area contributed by atoms with Crippen molar-refractivity contribution in [3.63, 3.8) is 0 Å². The van der Waals surface area contributed by atoms with Gasteiger partial charge in [0.15, 0.2) is 0 Å². The SMILES string of the molecule is CCOC(=O)c1c(-c2ccccc2)csc1N=CN(C)C. The van der Waals surface area contributed by atoms with E-state index in [1.54, 1.807) is 13.3 Å². The Morgan fingerprint density at radius 1 is 1.33 bits per heavy atom. The maximum Gasteiger partial charge on any atom is 0.341 e. The van der Waals surface area contributed by atoms with Crippen LogP contribution in [0.4, 0.5) is 5.00 Å². The van der Waals surface area contributed by atoms with Crippen LogP contribution in [0, 0.1) is 0 Å². The molecule has 0 radical (unpaired) electrons. The van der Waals surface area contributed by atoms with Gasteiger partial charge in [0.25, 0.3) is 0 Å². The molecule has 4 nitrogen and oxygen atoms in total. The fourth-order valence-corrected chi connectivity index (χ4v) is 2.74. The lowest BCUT2D eigenvalue weighted by Crippen LogP contribution is -2.08. The highest BCUT2D eigenvalue weighted by Crippen LogP contribution is 2.37. The minimum absolute atomic E-state index is 0.330. The van der Waals surface area contributed by atoms with Crippen molar-refractivity contribution < 1.29 is 9.53 Å². The van der Waals surface area contributed by atoms with Gasteiger partial charge < -0.3 is 9.64 Å². The molecule has 0 atom stereocenters. The second kappa shape index (κ2) is 7.04. The molecule has 1 heterocycles. The number of aliphatic imine (C=N–C) groups is 1. The molecule has 21 heavy (non-hydrogen) atoms. The lowest BCUT2D eigenvalue weighted by Gasteiger charge is -2.06. The Morgan fingerprint density at radius 2 is 2.05 bits per heavy atom. The summed E-state index contributed by atoms with van der Waals surface area (Å²) < 4.78 is 5.18. The summed E-state index contributed by atoms with van der Waals surface area (Å²) in [6, 6.07) is 9.80. The third-order valence-corrected chi connectivity index (χ3v) is 3.63. The smallest absolute Gasteiger partial charge is 0.341 e. The Kier molecular flexibility index (Phi) is 5.11. The predicted molar refractivity (Wildman–Crippen MR) is 87.6 cm³/mol. The van der Waals surface area contributed by atoms with Crippen LogP contribution in [0.25, 0.3) is 11.1 Å². The summed E-state index contributed by atoms with van der Waals surface area (Å²) in [5.41, 5.74) is 2.39. The number of thiophene rings is 1. The van der Waals surface area contributed by atoms with Gasteiger partial charge >= 0.3 is 5.97 Å². The van der Waals surface area contributed by atoms with E-state index in [1.165, 1.54) is 11.3 Å². The molecule has 110 valence electrons. The van der Waals surface area contributed by atoms with Gasteiger partial charge in [0.05, 0.1) is 12.9 Å². The van der Waals surface area contributed by atoms with Crippen molar-refractivity contribution in [2.24, 2.45) is 4.99 Å². The molecule has 0 aliphatic carbocycles. The van der Waals surface area contributed by atoms with Crippen LogP contribution in [0.1, 0.15) is 17.3 Å². The van der Waals surface area contributed by atoms with Crippen LogP contribution in [0.2, 0.25) is 0 Å². The Morgan fingerprint density at radius 3 is 2.67 bits per heavy atom. The number of hydrogen-bond donors (Lipinski definition) is 0. The molecule has 0 amide bonds. The van der Waals surface area contributed by atoms with E-state index in [0.29, 0.717) is 17.2 Å². The topological polar surface area (TPSA) is 41.9 Å². The molecule has 1 aromatic carbocycles. The summed E-state index contributed by atoms with van der Waals surface area (Å²) >= 11 is 1.44. The molecule has 2 aromatic rings. The van der Waals surface area contributed by atoms with Crippen LogP contribution in [0.5, 0.6) is 0 Å². The summed E-state index contributed by atoms with van der Waals surface area (Å²) in [5, 5.41) is 2.62. The van der Waals surface area contributed by atoms with Crippen LogP contribution in [0.15, 0.2) is 40.7 Å². The first-order chi connectivity index (χ1) is 10.1. The number of ether oxygens (including phenoxy) is 1. The third-order valence-electron chi connectivity index (χ3n) is 2.74. The Hall–Kier alpha value is -2.14. The zero-order valence-corrected chi connectivity index (χ0v) is 13.2. The standard InChI is InChI=1S/C16H18N2O2S/c1-4-20-16(19)14-13(12-8-6-5-7-9-12)10-21-15(14)17-11-18(2)3/h5-11H,4H2,1-3H3. The van der Waals surface area contributed by atoms with Gasteiger partial charge in [-0.3, -0.25) is 0 Å². The summed E-state index contributed by atoms with van der Waals surface area (Å²) in [6.45, 7) is 2.15. The van der Waals surface area contributed by atoms with E-state index >= 15 is 0 Å². The van der Waals surface area contributed by atoms with Crippen LogP contribution < -0.4 is 0 Å². The fourth-order valence-electron chi connectivity index (χ4n) is 1.84. The predicted octanol–water partition coefficient (Wildman–Crippen LogP) is 3.81. The molecule has 0 aliphatic heterocycles. The van der Waals surface area contributed by atoms with E-state index in [1.807, 2.05) is 54.7 Å². The molecule has 0 fully saturated rings. The molecule has 0 N–H and O–H groups in total. The van der Waals surface area contributed by atoms with Crippen LogP contribution >= 0.6 is 11.3 Å². The largest absolute Gasteiger partial charge is 0.462 e. The molecule has 2 rings (SSSR count). The van der Waals surface area contributed by atoms with Crippen molar-refractivity contribution in [3.8, 4) is 11.1 Å². The molecule has 0 saturated carbocycles. The first-order valence-corrected chi connectivity index (χ1v) is 7.56. The van der Waals surface area contributed by atoms with E-state index in [2.05, 4.69) is 4.99 Å². The highest BCUT2D eigenvalue weighted by atomic mass is 32.1. The molecule has 0 bridgehead atoms. The van der Waals surface area contributed by atoms with Gasteiger partial charge in [-0.05, 0) is 12.5 Å². The number of nitrogens with zero attached hydrogens (tertiary/aromatic N) is 2. The lowest BCUT2D eigenvalue weighted by atomic mass is 10.0. The highest BCUT2D eigenvalue weighted by molar-refractivity contribution is 7.14. The van der Waals surface area contributed by atoms with E-state index in [-0.39, 0.29) is 5.97 Å². The van der Waals surface area contributed by atoms with Crippen LogP contribution in [0.3, 0.4) is 0 Å². The van der Waals surface area contributed by atoms with E-state index in [9.17, 15) is 4.79 Å². The first kappa shape index (κ1) is 15.3. The monoisotopic (exact) mass is 302 g/mol. The van der Waals surface area contributed by atoms with E-state index in [0.717, 1.165) is 11.1 Å². The minimum Gasteiger partial charge on any atom is -0.462 e. The van der Waals surface area contributed by atoms with E-state index in [4.69, 9.17) is 4.74 Å². The number of esters is 1. The number of carbonyl (C=O) groups is 1. The molecular weight excluding hydrogens is 284 g/mol. The zero-order chi connectivity index (χ0) is 15.2. The average molecular weight is 302 g/mol. The fraction of sp³-hybridized carbons (Fsp3) is 0.250. The van der Waals surface area contributed by atoms with Crippen molar-refractivity contribution >= 4 is 28.6 Å². The minimum atomic E-state index is -0.330. The van der Waals surface area contributed by atoms with Crippen LogP contribution in [-0.2, 0) is 4.74 Å². The molecule has 0 saturated heterocycles. The molecule has 0 spiro atoms. The van der Waals surface area contributed by atoms with Crippen molar-refractivity contribution in [3.05, 3.63) is 41.3 Å². The van der Waals surface area contributed by atoms with E-state index < -0.39 is 0 Å². The second-order valence-electron chi connectivity index (χ2n) is 4.62. The molecule has 0 unspecified atom stereocenters. The van der Waals surface area contributed by atoms with Crippen molar-refractivity contribution in [1.82, 2.24) is 4.90 Å². The average Bonchev–Trinajstić information content (AvgIpc) is 2.90. The Balaban J connectivity index is 2.48. The van der Waals surface area contributed by atoms with Crippen molar-refractivity contribution in [1.29, 1.82) is 0 Å². The van der Waals surface area contributed by atoms with Gasteiger partial charge in [0.1, 0.15) is 10.6 Å². The first-order valence-electron chi connectivity index (χ1n) is 6.68. The van der Waals surface area contributed by atoms with Crippen molar-refractivity contribution in [2.45, 2.75) is 6.92 Å². The van der Waals surface area contributed by atoms with Crippen LogP contribution in [-0.4, -0.2) is 37.9 Å². The van der Waals surface area contributed by atoms with Gasteiger partial charge in [-0.1, -0.05) is 30.3 Å². The number of hydrogen-bond acceptors (Lipinski definition) is 4. The zero-order valence-electron chi connectivity index (χ0n) is 12.4. The summed E-state index contributed by atoms with van der Waals surface area (Å²) in [7, 11) is 3.78. The highest BCUT2D eigenvalue weighted by Gasteiger charge is 2.20. The van der Waals surface area contributed by atoms with Crippen molar-refractivity contribution in [2.75, 3.05) is 20.7 Å². The summed E-state index contributed by atoms with van der Waals surface area (Å²) in [6.07, 6.45) is 1.68. The van der Waals surface area contributed by atoms with Gasteiger partial charge in [0.2, 0.25) is 0 Å². The van der Waals surface area contributed by atoms with Gasteiger partial charge in [-0.2, -0.15) is 0 Å².